The molecule has 0 aliphatic heterocycles. The normalized spacial score (nSPS) is 9.89. The molecule has 0 aromatic carbocycles. The van der Waals surface area contributed by atoms with Gasteiger partial charge in [0.05, 0.1) is 5.01 Å². The molecule has 0 aliphatic rings. The molecular weight excluding hydrogens is 150 g/mol. The molecule has 0 saturated heterocycles. The lowest BCUT2D eigenvalue weighted by atomic mass is 10.3. The molecule has 0 atom stereocenters. The van der Waals surface area contributed by atoms with Crippen molar-refractivity contribution in [2.24, 2.45) is 0 Å². The largest absolute Gasteiger partial charge is 0.250 e. The quantitative estimate of drug-likeness (QED) is 0.666. The average molecular weight is 159 g/mol. The van der Waals surface area contributed by atoms with E-state index in [4.69, 9.17) is 0 Å². The van der Waals surface area contributed by atoms with E-state index in [0.717, 1.165) is 18.6 Å². The number of nitrogens with zero attached hydrogens (tertiary/aromatic N) is 1. The molecule has 3 heteroatoms. The van der Waals surface area contributed by atoms with Gasteiger partial charge in [0.15, 0.2) is 0 Å². The summed E-state index contributed by atoms with van der Waals surface area (Å²) in [6.07, 6.45) is 4.07. The summed E-state index contributed by atoms with van der Waals surface area (Å²) in [5.41, 5.74) is 0. The van der Waals surface area contributed by atoms with Crippen LogP contribution in [0.2, 0.25) is 0 Å². The molecule has 0 saturated carbocycles. The molecule has 0 radical (unpaired) electrons. The number of rotatable bonds is 3. The van der Waals surface area contributed by atoms with Crippen LogP contribution in [0.15, 0.2) is 11.6 Å². The summed E-state index contributed by atoms with van der Waals surface area (Å²) in [5.74, 6) is 0.958. The van der Waals surface area contributed by atoms with Gasteiger partial charge in [0.2, 0.25) is 0 Å². The van der Waals surface area contributed by atoms with Crippen LogP contribution in [0.3, 0.4) is 0 Å². The lowest BCUT2D eigenvalue weighted by molar-refractivity contribution is 0.922. The predicted octanol–water partition coefficient (Wildman–Crippen LogP) is 2.01. The van der Waals surface area contributed by atoms with E-state index in [1.807, 2.05) is 11.6 Å². The van der Waals surface area contributed by atoms with Crippen molar-refractivity contribution in [1.29, 1.82) is 0 Å². The van der Waals surface area contributed by atoms with Crippen LogP contribution >= 0.6 is 24.0 Å². The zero-order valence-corrected chi connectivity index (χ0v) is 6.79. The summed E-state index contributed by atoms with van der Waals surface area (Å²) < 4.78 is 0. The summed E-state index contributed by atoms with van der Waals surface area (Å²) in [6.45, 7) is 0. The highest BCUT2D eigenvalue weighted by atomic mass is 32.1. The van der Waals surface area contributed by atoms with Gasteiger partial charge in [-0.15, -0.1) is 11.3 Å². The minimum Gasteiger partial charge on any atom is -0.250 e. The van der Waals surface area contributed by atoms with Crippen molar-refractivity contribution in [2.75, 3.05) is 5.75 Å². The van der Waals surface area contributed by atoms with Crippen LogP contribution in [0.5, 0.6) is 0 Å². The number of thiazole rings is 1. The smallest absolute Gasteiger partial charge is 0.0925 e. The minimum atomic E-state index is 0.958. The molecule has 1 nitrogen and oxygen atoms in total. The van der Waals surface area contributed by atoms with Crippen LogP contribution in [0.25, 0.3) is 0 Å². The van der Waals surface area contributed by atoms with Crippen molar-refractivity contribution in [3.05, 3.63) is 16.6 Å². The Morgan fingerprint density at radius 1 is 1.67 bits per heavy atom. The lowest BCUT2D eigenvalue weighted by Gasteiger charge is -1.88. The van der Waals surface area contributed by atoms with Gasteiger partial charge in [-0.3, -0.25) is 0 Å². The first-order valence-corrected chi connectivity index (χ1v) is 4.44. The maximum atomic E-state index is 4.14. The Labute approximate surface area is 64.5 Å². The molecule has 0 spiro atoms. The summed E-state index contributed by atoms with van der Waals surface area (Å²) in [4.78, 5) is 4.14. The maximum absolute atomic E-state index is 4.14. The topological polar surface area (TPSA) is 12.9 Å². The van der Waals surface area contributed by atoms with Crippen molar-refractivity contribution < 1.29 is 0 Å². The summed E-state index contributed by atoms with van der Waals surface area (Å²) in [5, 5.41) is 3.23. The molecule has 0 aliphatic carbocycles. The summed E-state index contributed by atoms with van der Waals surface area (Å²) >= 11 is 5.83. The van der Waals surface area contributed by atoms with Crippen LogP contribution in [0.4, 0.5) is 0 Å². The Balaban J connectivity index is 2.30. The highest BCUT2D eigenvalue weighted by Crippen LogP contribution is 2.06. The van der Waals surface area contributed by atoms with Gasteiger partial charge in [0.25, 0.3) is 0 Å². The monoisotopic (exact) mass is 159 g/mol. The lowest BCUT2D eigenvalue weighted by Crippen LogP contribution is -1.82. The van der Waals surface area contributed by atoms with E-state index in [0.29, 0.717) is 0 Å². The molecule has 50 valence electrons. The third-order valence-electron chi connectivity index (χ3n) is 1.03. The predicted molar refractivity (Wildman–Crippen MR) is 44.3 cm³/mol. The Hall–Kier alpha value is -0.0200. The molecular formula is C6H9NS2. The van der Waals surface area contributed by atoms with E-state index < -0.39 is 0 Å². The molecule has 1 aromatic heterocycles. The second-order valence-electron chi connectivity index (χ2n) is 1.75. The van der Waals surface area contributed by atoms with Gasteiger partial charge in [0, 0.05) is 18.0 Å². The summed E-state index contributed by atoms with van der Waals surface area (Å²) in [6, 6.07) is 0. The molecule has 0 unspecified atom stereocenters. The van der Waals surface area contributed by atoms with Crippen molar-refractivity contribution in [3.63, 3.8) is 0 Å². The number of hydrogen-bond donors (Lipinski definition) is 1. The first-order chi connectivity index (χ1) is 4.43. The van der Waals surface area contributed by atoms with E-state index >= 15 is 0 Å². The highest BCUT2D eigenvalue weighted by Gasteiger charge is 1.91. The van der Waals surface area contributed by atoms with E-state index in [-0.39, 0.29) is 0 Å². The van der Waals surface area contributed by atoms with Crippen LogP contribution in [0, 0.1) is 0 Å². The van der Waals surface area contributed by atoms with Crippen molar-refractivity contribution in [3.8, 4) is 0 Å². The number of aryl methyl sites for hydroxylation is 1. The van der Waals surface area contributed by atoms with Crippen LogP contribution in [-0.4, -0.2) is 10.7 Å². The first-order valence-electron chi connectivity index (χ1n) is 2.92. The average Bonchev–Trinajstić information content (AvgIpc) is 2.34. The van der Waals surface area contributed by atoms with Gasteiger partial charge in [-0.05, 0) is 12.2 Å². The number of hydrogen-bond acceptors (Lipinski definition) is 3. The van der Waals surface area contributed by atoms with Crippen LogP contribution in [-0.2, 0) is 6.42 Å². The SMILES string of the molecule is SCCCc1nccs1. The zero-order chi connectivity index (χ0) is 6.53. The Morgan fingerprint density at radius 3 is 3.11 bits per heavy atom. The van der Waals surface area contributed by atoms with Gasteiger partial charge in [0.1, 0.15) is 0 Å². The second-order valence-corrected chi connectivity index (χ2v) is 3.18. The van der Waals surface area contributed by atoms with E-state index in [1.165, 1.54) is 5.01 Å². The first kappa shape index (κ1) is 7.09. The van der Waals surface area contributed by atoms with Crippen LogP contribution < -0.4 is 0 Å². The molecule has 9 heavy (non-hydrogen) atoms. The van der Waals surface area contributed by atoms with Gasteiger partial charge in [-0.2, -0.15) is 12.6 Å². The number of aromatic nitrogens is 1. The molecule has 1 heterocycles. The fourth-order valence-electron chi connectivity index (χ4n) is 0.607. The second kappa shape index (κ2) is 3.90. The fraction of sp³-hybridized carbons (Fsp3) is 0.500. The third kappa shape index (κ3) is 2.37. The minimum absolute atomic E-state index is 0.958. The van der Waals surface area contributed by atoms with E-state index in [9.17, 15) is 0 Å². The molecule has 1 rings (SSSR count). The van der Waals surface area contributed by atoms with Gasteiger partial charge < -0.3 is 0 Å². The third-order valence-corrected chi connectivity index (χ3v) is 2.19. The fourth-order valence-corrected chi connectivity index (χ4v) is 1.43. The molecule has 0 bridgehead atoms. The van der Waals surface area contributed by atoms with Crippen molar-refractivity contribution >= 4 is 24.0 Å². The molecule has 0 amide bonds. The summed E-state index contributed by atoms with van der Waals surface area (Å²) in [7, 11) is 0. The van der Waals surface area contributed by atoms with Crippen molar-refractivity contribution in [1.82, 2.24) is 4.98 Å². The van der Waals surface area contributed by atoms with Crippen molar-refractivity contribution in [2.45, 2.75) is 12.8 Å². The van der Waals surface area contributed by atoms with Gasteiger partial charge in [-0.1, -0.05) is 0 Å². The maximum Gasteiger partial charge on any atom is 0.0925 e. The molecule has 0 N–H and O–H groups in total. The number of thiol groups is 1. The standard InChI is InChI=1S/C6H9NS2/c8-4-1-2-6-7-3-5-9-6/h3,5,8H,1-2,4H2. The van der Waals surface area contributed by atoms with E-state index in [1.54, 1.807) is 11.3 Å². The molecule has 0 fully saturated rings. The van der Waals surface area contributed by atoms with Gasteiger partial charge >= 0.3 is 0 Å². The highest BCUT2D eigenvalue weighted by molar-refractivity contribution is 7.80. The Bertz CT molecular complexity index is 148. The Morgan fingerprint density at radius 2 is 2.56 bits per heavy atom. The van der Waals surface area contributed by atoms with E-state index in [2.05, 4.69) is 17.6 Å². The Kier molecular flexibility index (Phi) is 3.08. The van der Waals surface area contributed by atoms with Gasteiger partial charge in [-0.25, -0.2) is 4.98 Å². The van der Waals surface area contributed by atoms with Crippen LogP contribution in [0.1, 0.15) is 11.4 Å². The zero-order valence-electron chi connectivity index (χ0n) is 5.08. The molecule has 1 aromatic rings.